The average molecular weight is 209 g/mol. The Morgan fingerprint density at radius 2 is 2.47 bits per heavy atom. The molecule has 15 heavy (non-hydrogen) atoms. The van der Waals surface area contributed by atoms with E-state index in [0.717, 1.165) is 19.5 Å². The maximum atomic E-state index is 11.7. The van der Waals surface area contributed by atoms with Crippen molar-refractivity contribution in [2.75, 3.05) is 24.6 Å². The third kappa shape index (κ3) is 1.87. The fourth-order valence-electron chi connectivity index (χ4n) is 1.88. The molecule has 0 saturated carbocycles. The van der Waals surface area contributed by atoms with Gasteiger partial charge in [0, 0.05) is 45.1 Å². The van der Waals surface area contributed by atoms with Gasteiger partial charge in [0.05, 0.1) is 0 Å². The first-order valence-electron chi connectivity index (χ1n) is 5.10. The zero-order valence-corrected chi connectivity index (χ0v) is 8.76. The van der Waals surface area contributed by atoms with Gasteiger partial charge in [0.1, 0.15) is 0 Å². The van der Waals surface area contributed by atoms with E-state index in [2.05, 4.69) is 4.98 Å². The van der Waals surface area contributed by atoms with E-state index in [1.54, 1.807) is 19.4 Å². The van der Waals surface area contributed by atoms with Crippen molar-refractivity contribution in [3.05, 3.63) is 22.7 Å². The highest BCUT2D eigenvalue weighted by Crippen LogP contribution is 2.18. The minimum Gasteiger partial charge on any atom is -0.396 e. The Morgan fingerprint density at radius 3 is 3.13 bits per heavy atom. The molecule has 1 aliphatic heterocycles. The van der Waals surface area contributed by atoms with Gasteiger partial charge in [-0.3, -0.25) is 4.79 Å². The van der Waals surface area contributed by atoms with Gasteiger partial charge in [-0.2, -0.15) is 0 Å². The van der Waals surface area contributed by atoms with Gasteiger partial charge < -0.3 is 14.6 Å². The highest BCUT2D eigenvalue weighted by molar-refractivity contribution is 5.36. The summed E-state index contributed by atoms with van der Waals surface area (Å²) in [5.41, 5.74) is -0.0731. The molecule has 2 rings (SSSR count). The number of hydrogen-bond acceptors (Lipinski definition) is 4. The normalized spacial score (nSPS) is 20.9. The molecule has 0 spiro atoms. The van der Waals surface area contributed by atoms with Crippen molar-refractivity contribution >= 4 is 5.82 Å². The van der Waals surface area contributed by atoms with Crippen LogP contribution in [0.15, 0.2) is 17.2 Å². The zero-order chi connectivity index (χ0) is 10.8. The molecular formula is C10H15N3O2. The summed E-state index contributed by atoms with van der Waals surface area (Å²) in [7, 11) is 1.72. The van der Waals surface area contributed by atoms with E-state index in [0.29, 0.717) is 5.82 Å². The molecule has 1 aromatic rings. The van der Waals surface area contributed by atoms with Gasteiger partial charge >= 0.3 is 0 Å². The Morgan fingerprint density at radius 1 is 1.67 bits per heavy atom. The molecule has 1 N–H and O–H groups in total. The molecule has 1 atom stereocenters. The molecule has 5 nitrogen and oxygen atoms in total. The highest BCUT2D eigenvalue weighted by Gasteiger charge is 2.24. The van der Waals surface area contributed by atoms with Crippen molar-refractivity contribution in [3.8, 4) is 0 Å². The second-order valence-electron chi connectivity index (χ2n) is 3.95. The number of aliphatic hydroxyl groups excluding tert-OH is 1. The summed E-state index contributed by atoms with van der Waals surface area (Å²) < 4.78 is 1.52. The van der Waals surface area contributed by atoms with Crippen LogP contribution in [0.1, 0.15) is 6.42 Å². The lowest BCUT2D eigenvalue weighted by atomic mass is 10.1. The average Bonchev–Trinajstić information content (AvgIpc) is 2.70. The Bertz CT molecular complexity index is 402. The van der Waals surface area contributed by atoms with E-state index in [1.807, 2.05) is 4.90 Å². The van der Waals surface area contributed by atoms with Gasteiger partial charge in [-0.25, -0.2) is 4.98 Å². The maximum absolute atomic E-state index is 11.7. The Balaban J connectivity index is 2.24. The first kappa shape index (κ1) is 10.2. The Kier molecular flexibility index (Phi) is 2.73. The van der Waals surface area contributed by atoms with Crippen molar-refractivity contribution in [1.29, 1.82) is 0 Å². The monoisotopic (exact) mass is 209 g/mol. The molecule has 0 bridgehead atoms. The van der Waals surface area contributed by atoms with E-state index in [1.165, 1.54) is 4.57 Å². The van der Waals surface area contributed by atoms with Crippen LogP contribution in [0.25, 0.3) is 0 Å². The summed E-state index contributed by atoms with van der Waals surface area (Å²) in [4.78, 5) is 17.8. The fraction of sp³-hybridized carbons (Fsp3) is 0.600. The SMILES string of the molecule is Cn1ccnc(N2CC[C@@H](CO)C2)c1=O. The number of rotatable bonds is 2. The molecule has 1 fully saturated rings. The summed E-state index contributed by atoms with van der Waals surface area (Å²) in [6.07, 6.45) is 4.20. The zero-order valence-electron chi connectivity index (χ0n) is 8.76. The van der Waals surface area contributed by atoms with Crippen LogP contribution in [0, 0.1) is 5.92 Å². The third-order valence-corrected chi connectivity index (χ3v) is 2.84. The molecule has 0 aliphatic carbocycles. The molecule has 0 unspecified atom stereocenters. The lowest BCUT2D eigenvalue weighted by Gasteiger charge is -2.16. The van der Waals surface area contributed by atoms with Gasteiger partial charge in [0.25, 0.3) is 5.56 Å². The smallest absolute Gasteiger partial charge is 0.293 e. The van der Waals surface area contributed by atoms with Crippen LogP contribution in [0.3, 0.4) is 0 Å². The topological polar surface area (TPSA) is 58.4 Å². The molecule has 0 amide bonds. The molecule has 5 heteroatoms. The summed E-state index contributed by atoms with van der Waals surface area (Å²) in [5.74, 6) is 0.771. The van der Waals surface area contributed by atoms with Gasteiger partial charge in [-0.1, -0.05) is 0 Å². The van der Waals surface area contributed by atoms with Crippen LogP contribution in [0.4, 0.5) is 5.82 Å². The van der Waals surface area contributed by atoms with Crippen molar-refractivity contribution in [1.82, 2.24) is 9.55 Å². The number of aliphatic hydroxyl groups is 1. The quantitative estimate of drug-likeness (QED) is 0.720. The van der Waals surface area contributed by atoms with E-state index >= 15 is 0 Å². The van der Waals surface area contributed by atoms with E-state index in [9.17, 15) is 4.79 Å². The highest BCUT2D eigenvalue weighted by atomic mass is 16.3. The van der Waals surface area contributed by atoms with Crippen LogP contribution in [0.2, 0.25) is 0 Å². The molecule has 1 aromatic heterocycles. The molecule has 82 valence electrons. The van der Waals surface area contributed by atoms with Gasteiger partial charge in [0.15, 0.2) is 5.82 Å². The summed E-state index contributed by atoms with van der Waals surface area (Å²) in [5, 5.41) is 9.02. The first-order chi connectivity index (χ1) is 7.22. The molecule has 1 saturated heterocycles. The van der Waals surface area contributed by atoms with E-state index in [-0.39, 0.29) is 18.1 Å². The van der Waals surface area contributed by atoms with Gasteiger partial charge in [-0.05, 0) is 6.42 Å². The van der Waals surface area contributed by atoms with Crippen molar-refractivity contribution in [2.24, 2.45) is 13.0 Å². The largest absolute Gasteiger partial charge is 0.396 e. The van der Waals surface area contributed by atoms with E-state index < -0.39 is 0 Å². The lowest BCUT2D eigenvalue weighted by Crippen LogP contribution is -2.31. The molecular weight excluding hydrogens is 194 g/mol. The summed E-state index contributed by atoms with van der Waals surface area (Å²) in [6, 6.07) is 0. The summed E-state index contributed by atoms with van der Waals surface area (Å²) in [6.45, 7) is 1.71. The predicted molar refractivity (Wildman–Crippen MR) is 56.9 cm³/mol. The van der Waals surface area contributed by atoms with E-state index in [4.69, 9.17) is 5.11 Å². The lowest BCUT2D eigenvalue weighted by molar-refractivity contribution is 0.238. The van der Waals surface area contributed by atoms with Crippen LogP contribution < -0.4 is 10.5 Å². The van der Waals surface area contributed by atoms with Crippen LogP contribution in [-0.4, -0.2) is 34.4 Å². The van der Waals surface area contributed by atoms with Crippen LogP contribution >= 0.6 is 0 Å². The minimum atomic E-state index is -0.0731. The van der Waals surface area contributed by atoms with Crippen molar-refractivity contribution in [2.45, 2.75) is 6.42 Å². The van der Waals surface area contributed by atoms with Crippen molar-refractivity contribution < 1.29 is 5.11 Å². The Labute approximate surface area is 88.0 Å². The van der Waals surface area contributed by atoms with Crippen LogP contribution in [0.5, 0.6) is 0 Å². The standard InChI is InChI=1S/C10H15N3O2/c1-12-5-3-11-9(10(12)15)13-4-2-8(6-13)7-14/h3,5,8,14H,2,4,6-7H2,1H3/t8-/m1/s1. The van der Waals surface area contributed by atoms with Gasteiger partial charge in [-0.15, -0.1) is 0 Å². The fourth-order valence-corrected chi connectivity index (χ4v) is 1.88. The first-order valence-corrected chi connectivity index (χ1v) is 5.10. The van der Waals surface area contributed by atoms with Gasteiger partial charge in [0.2, 0.25) is 0 Å². The maximum Gasteiger partial charge on any atom is 0.293 e. The minimum absolute atomic E-state index is 0.0731. The predicted octanol–water partition coefficient (Wildman–Crippen LogP) is -0.401. The molecule has 1 aliphatic rings. The second kappa shape index (κ2) is 4.02. The third-order valence-electron chi connectivity index (χ3n) is 2.84. The molecule has 0 radical (unpaired) electrons. The number of aromatic nitrogens is 2. The van der Waals surface area contributed by atoms with Crippen molar-refractivity contribution in [3.63, 3.8) is 0 Å². The molecule has 0 aromatic carbocycles. The molecule has 2 heterocycles. The number of hydrogen-bond donors (Lipinski definition) is 1. The Hall–Kier alpha value is -1.36. The number of aryl methyl sites for hydroxylation is 1. The summed E-state index contributed by atoms with van der Waals surface area (Å²) >= 11 is 0. The number of anilines is 1. The van der Waals surface area contributed by atoms with Crippen LogP contribution in [-0.2, 0) is 7.05 Å². The second-order valence-corrected chi connectivity index (χ2v) is 3.95. The number of nitrogens with zero attached hydrogens (tertiary/aromatic N) is 3.